The van der Waals surface area contributed by atoms with Gasteiger partial charge in [0.15, 0.2) is 0 Å². The van der Waals surface area contributed by atoms with Crippen LogP contribution in [0, 0.1) is 0 Å². The lowest BCUT2D eigenvalue weighted by Crippen LogP contribution is -2.39. The Labute approximate surface area is 79.8 Å². The number of hydroxylamine groups is 1. The molecule has 0 saturated heterocycles. The van der Waals surface area contributed by atoms with E-state index < -0.39 is 0 Å². The summed E-state index contributed by atoms with van der Waals surface area (Å²) in [6.07, 6.45) is 1.77. The molecule has 0 atom stereocenters. The van der Waals surface area contributed by atoms with Crippen molar-refractivity contribution in [1.82, 2.24) is 10.9 Å². The van der Waals surface area contributed by atoms with Gasteiger partial charge in [0.05, 0.1) is 18.1 Å². The van der Waals surface area contributed by atoms with Crippen molar-refractivity contribution in [3.63, 3.8) is 0 Å². The summed E-state index contributed by atoms with van der Waals surface area (Å²) in [5.41, 5.74) is 2.21. The molecule has 0 amide bonds. The summed E-state index contributed by atoms with van der Waals surface area (Å²) in [6, 6.07) is 0. The Hall–Kier alpha value is -0.200. The molecule has 1 N–H and O–H groups in total. The van der Waals surface area contributed by atoms with E-state index in [9.17, 15) is 0 Å². The van der Waals surface area contributed by atoms with E-state index in [1.165, 1.54) is 7.11 Å². The zero-order valence-corrected chi connectivity index (χ0v) is 9.09. The SMILES string of the molecule is CCC(C)(CC)ON(OC)ONC. The number of nitrogens with one attached hydrogen (secondary N) is 1. The number of hydrogen-bond donors (Lipinski definition) is 1. The summed E-state index contributed by atoms with van der Waals surface area (Å²) in [5.74, 6) is 0. The van der Waals surface area contributed by atoms with Crippen molar-refractivity contribution in [2.45, 2.75) is 39.2 Å². The summed E-state index contributed by atoms with van der Waals surface area (Å²) < 4.78 is 0. The van der Waals surface area contributed by atoms with Crippen LogP contribution < -0.4 is 5.48 Å². The highest BCUT2D eigenvalue weighted by Crippen LogP contribution is 2.20. The fourth-order valence-corrected chi connectivity index (χ4v) is 0.727. The van der Waals surface area contributed by atoms with Crippen LogP contribution in [0.3, 0.4) is 0 Å². The third kappa shape index (κ3) is 4.54. The largest absolute Gasteiger partial charge is 0.253 e. The monoisotopic (exact) mass is 192 g/mol. The van der Waals surface area contributed by atoms with Crippen LogP contribution in [0.1, 0.15) is 33.6 Å². The van der Waals surface area contributed by atoms with Crippen molar-refractivity contribution in [1.29, 1.82) is 0 Å². The molecule has 0 aromatic carbocycles. The molecule has 5 nitrogen and oxygen atoms in total. The Kier molecular flexibility index (Phi) is 6.19. The number of hydrogen-bond acceptors (Lipinski definition) is 5. The van der Waals surface area contributed by atoms with Gasteiger partial charge in [-0.3, -0.25) is 4.84 Å². The normalized spacial score (nSPS) is 12.5. The number of nitrogens with zero attached hydrogens (tertiary/aromatic N) is 1. The van der Waals surface area contributed by atoms with Gasteiger partial charge in [-0.1, -0.05) is 13.8 Å². The predicted octanol–water partition coefficient (Wildman–Crippen LogP) is 1.43. The van der Waals surface area contributed by atoms with E-state index in [1.807, 2.05) is 6.92 Å². The van der Waals surface area contributed by atoms with Gasteiger partial charge in [-0.25, -0.2) is 4.84 Å². The third-order valence-corrected chi connectivity index (χ3v) is 2.11. The minimum atomic E-state index is -0.257. The van der Waals surface area contributed by atoms with Gasteiger partial charge in [0.2, 0.25) is 0 Å². The maximum atomic E-state index is 5.45. The van der Waals surface area contributed by atoms with E-state index in [4.69, 9.17) is 14.6 Å². The molecule has 0 aliphatic rings. The molecule has 0 saturated carbocycles. The summed E-state index contributed by atoms with van der Waals surface area (Å²) in [6.45, 7) is 6.10. The van der Waals surface area contributed by atoms with Crippen LogP contribution in [0.5, 0.6) is 0 Å². The maximum Gasteiger partial charge on any atom is 0.0949 e. The Balaban J connectivity index is 4.02. The molecule has 0 bridgehead atoms. The Bertz CT molecular complexity index is 129. The summed E-state index contributed by atoms with van der Waals surface area (Å²) in [7, 11) is 3.10. The highest BCUT2D eigenvalue weighted by atomic mass is 17.2. The van der Waals surface area contributed by atoms with Gasteiger partial charge in [-0.15, -0.1) is 0 Å². The molecule has 0 spiro atoms. The minimum absolute atomic E-state index is 0.257. The van der Waals surface area contributed by atoms with Gasteiger partial charge in [0, 0.05) is 7.05 Å². The molecule has 0 radical (unpaired) electrons. The third-order valence-electron chi connectivity index (χ3n) is 2.11. The molecule has 0 aromatic heterocycles. The lowest BCUT2D eigenvalue weighted by atomic mass is 10.0. The second kappa shape index (κ2) is 6.28. The standard InChI is InChI=1S/C8H20N2O3/c1-6-8(3,7-2)12-10(11-5)13-9-4/h9H,6-7H2,1-5H3. The van der Waals surface area contributed by atoms with Crippen molar-refractivity contribution in [3.05, 3.63) is 0 Å². The molecule has 0 fully saturated rings. The first kappa shape index (κ1) is 12.8. The molecule has 0 heterocycles. The van der Waals surface area contributed by atoms with Crippen LogP contribution in [0.15, 0.2) is 0 Å². The molecular formula is C8H20N2O3. The van der Waals surface area contributed by atoms with Crippen LogP contribution in [-0.2, 0) is 14.6 Å². The highest BCUT2D eigenvalue weighted by Gasteiger charge is 2.25. The lowest BCUT2D eigenvalue weighted by Gasteiger charge is -2.30. The highest BCUT2D eigenvalue weighted by molar-refractivity contribution is 4.68. The van der Waals surface area contributed by atoms with Crippen LogP contribution in [0.4, 0.5) is 0 Å². The molecule has 0 unspecified atom stereocenters. The maximum absolute atomic E-state index is 5.45. The topological polar surface area (TPSA) is 43.0 Å². The average Bonchev–Trinajstić information content (AvgIpc) is 2.17. The summed E-state index contributed by atoms with van der Waals surface area (Å²) in [4.78, 5) is 15.1. The summed E-state index contributed by atoms with van der Waals surface area (Å²) >= 11 is 0. The van der Waals surface area contributed by atoms with Gasteiger partial charge in [0.25, 0.3) is 0 Å². The minimum Gasteiger partial charge on any atom is -0.253 e. The quantitative estimate of drug-likeness (QED) is 0.618. The van der Waals surface area contributed by atoms with Crippen LogP contribution >= 0.6 is 0 Å². The van der Waals surface area contributed by atoms with E-state index in [0.717, 1.165) is 18.2 Å². The smallest absolute Gasteiger partial charge is 0.0949 e. The predicted molar refractivity (Wildman–Crippen MR) is 49.1 cm³/mol. The van der Waals surface area contributed by atoms with E-state index >= 15 is 0 Å². The van der Waals surface area contributed by atoms with Crippen molar-refractivity contribution >= 4 is 0 Å². The lowest BCUT2D eigenvalue weighted by molar-refractivity contribution is -0.556. The fourth-order valence-electron chi connectivity index (χ4n) is 0.727. The Morgan fingerprint density at radius 3 is 2.15 bits per heavy atom. The molecule has 0 aromatic rings. The molecule has 80 valence electrons. The Morgan fingerprint density at radius 1 is 1.31 bits per heavy atom. The second-order valence-corrected chi connectivity index (χ2v) is 2.95. The van der Waals surface area contributed by atoms with Crippen molar-refractivity contribution in [2.75, 3.05) is 14.2 Å². The molecular weight excluding hydrogens is 172 g/mol. The van der Waals surface area contributed by atoms with Crippen LogP contribution in [-0.4, -0.2) is 25.1 Å². The first-order valence-electron chi connectivity index (χ1n) is 4.49. The zero-order chi connectivity index (χ0) is 10.3. The molecule has 0 aliphatic carbocycles. The molecule has 0 aliphatic heterocycles. The van der Waals surface area contributed by atoms with Crippen molar-refractivity contribution in [3.8, 4) is 0 Å². The van der Waals surface area contributed by atoms with Gasteiger partial charge in [-0.05, 0) is 19.8 Å². The second-order valence-electron chi connectivity index (χ2n) is 2.95. The van der Waals surface area contributed by atoms with Gasteiger partial charge < -0.3 is 0 Å². The van der Waals surface area contributed by atoms with Crippen molar-refractivity contribution < 1.29 is 14.6 Å². The number of rotatable bonds is 7. The summed E-state index contributed by atoms with van der Waals surface area (Å²) in [5, 5.41) is 0.965. The van der Waals surface area contributed by atoms with Crippen LogP contribution in [0.2, 0.25) is 0 Å². The Morgan fingerprint density at radius 2 is 1.85 bits per heavy atom. The van der Waals surface area contributed by atoms with Gasteiger partial charge in [-0.2, -0.15) is 10.4 Å². The van der Waals surface area contributed by atoms with Crippen molar-refractivity contribution in [2.24, 2.45) is 0 Å². The van der Waals surface area contributed by atoms with E-state index in [0.29, 0.717) is 0 Å². The molecule has 0 rings (SSSR count). The fraction of sp³-hybridized carbons (Fsp3) is 1.00. The average molecular weight is 192 g/mol. The van der Waals surface area contributed by atoms with Gasteiger partial charge in [0.1, 0.15) is 0 Å². The van der Waals surface area contributed by atoms with Gasteiger partial charge >= 0.3 is 0 Å². The molecule has 5 heteroatoms. The van der Waals surface area contributed by atoms with E-state index in [-0.39, 0.29) is 5.60 Å². The first-order valence-corrected chi connectivity index (χ1v) is 4.49. The zero-order valence-electron chi connectivity index (χ0n) is 9.09. The van der Waals surface area contributed by atoms with E-state index in [2.05, 4.69) is 19.3 Å². The van der Waals surface area contributed by atoms with Crippen LogP contribution in [0.25, 0.3) is 0 Å². The first-order chi connectivity index (χ1) is 6.11. The molecule has 13 heavy (non-hydrogen) atoms. The van der Waals surface area contributed by atoms with E-state index in [1.54, 1.807) is 7.05 Å².